The molecule has 8 heteroatoms. The molecule has 2 amide bonds. The number of benzene rings is 1. The summed E-state index contributed by atoms with van der Waals surface area (Å²) < 4.78 is 15.7. The van der Waals surface area contributed by atoms with Crippen LogP contribution in [0.25, 0.3) is 0 Å². The lowest BCUT2D eigenvalue weighted by atomic mass is 10.0. The second kappa shape index (κ2) is 10.7. The number of hydrogen-bond donors (Lipinski definition) is 3. The van der Waals surface area contributed by atoms with E-state index >= 15 is 0 Å². The molecular weight excluding hydrogens is 352 g/mol. The third kappa shape index (κ3) is 6.35. The van der Waals surface area contributed by atoms with E-state index in [2.05, 4.69) is 10.6 Å². The molecule has 1 aliphatic heterocycles. The predicted molar refractivity (Wildman–Crippen MR) is 98.2 cm³/mol. The van der Waals surface area contributed by atoms with E-state index in [1.54, 1.807) is 19.3 Å². The van der Waals surface area contributed by atoms with Crippen LogP contribution in [0.15, 0.2) is 36.4 Å². The maximum absolute atomic E-state index is 12.2. The summed E-state index contributed by atoms with van der Waals surface area (Å²) in [5.41, 5.74) is 0.877. The van der Waals surface area contributed by atoms with Crippen molar-refractivity contribution in [2.24, 2.45) is 0 Å². The number of ether oxygens (including phenoxy) is 3. The number of carbonyl (C=O) groups excluding carboxylic acids is 2. The quantitative estimate of drug-likeness (QED) is 0.528. The van der Waals surface area contributed by atoms with Crippen LogP contribution in [0.5, 0.6) is 5.75 Å². The van der Waals surface area contributed by atoms with Crippen molar-refractivity contribution in [1.82, 2.24) is 10.6 Å². The summed E-state index contributed by atoms with van der Waals surface area (Å²) in [6.45, 7) is -0.00270. The number of aliphatic hydroxyl groups is 1. The lowest BCUT2D eigenvalue weighted by molar-refractivity contribution is -0.130. The number of para-hydroxylation sites is 1. The van der Waals surface area contributed by atoms with Crippen molar-refractivity contribution < 1.29 is 28.9 Å². The Kier molecular flexibility index (Phi) is 8.25. The number of nitrogens with one attached hydrogen (secondary N) is 2. The Balaban J connectivity index is 1.86. The van der Waals surface area contributed by atoms with Gasteiger partial charge >= 0.3 is 0 Å². The van der Waals surface area contributed by atoms with Crippen LogP contribution in [0.2, 0.25) is 0 Å². The van der Waals surface area contributed by atoms with Gasteiger partial charge in [0.05, 0.1) is 32.3 Å². The first-order valence-electron chi connectivity index (χ1n) is 8.69. The summed E-state index contributed by atoms with van der Waals surface area (Å²) in [5, 5.41) is 15.0. The first kappa shape index (κ1) is 20.9. The van der Waals surface area contributed by atoms with Gasteiger partial charge in [-0.1, -0.05) is 30.4 Å². The molecule has 0 radical (unpaired) electrons. The monoisotopic (exact) mass is 378 g/mol. The van der Waals surface area contributed by atoms with Crippen LogP contribution < -0.4 is 15.4 Å². The molecule has 0 spiro atoms. The van der Waals surface area contributed by atoms with Gasteiger partial charge in [-0.05, 0) is 6.07 Å². The van der Waals surface area contributed by atoms with E-state index in [4.69, 9.17) is 14.2 Å². The standard InChI is InChI=1S/C19H26N2O6/c1-25-12-19(24)21-15-8-7-14(27-17(15)11-22)9-18(23)20-10-13-5-3-4-6-16(13)26-2/h3-8,14-15,17,22H,9-12H2,1-2H3,(H,20,23)(H,21,24)/t14-,15+,17-/m0/s1. The van der Waals surface area contributed by atoms with Crippen LogP contribution >= 0.6 is 0 Å². The molecule has 148 valence electrons. The molecule has 1 aromatic rings. The van der Waals surface area contributed by atoms with Crippen molar-refractivity contribution in [2.45, 2.75) is 31.2 Å². The predicted octanol–water partition coefficient (Wildman–Crippen LogP) is 0.149. The minimum atomic E-state index is -0.622. The lowest BCUT2D eigenvalue weighted by Gasteiger charge is -2.31. The average Bonchev–Trinajstić information content (AvgIpc) is 2.68. The fourth-order valence-corrected chi connectivity index (χ4v) is 2.79. The van der Waals surface area contributed by atoms with Gasteiger partial charge in [0.2, 0.25) is 11.8 Å². The molecule has 3 atom stereocenters. The van der Waals surface area contributed by atoms with Gasteiger partial charge in [0, 0.05) is 19.2 Å². The van der Waals surface area contributed by atoms with E-state index in [0.717, 1.165) is 5.56 Å². The molecule has 0 unspecified atom stereocenters. The van der Waals surface area contributed by atoms with Gasteiger partial charge in [0.1, 0.15) is 18.5 Å². The van der Waals surface area contributed by atoms with Crippen LogP contribution in [0, 0.1) is 0 Å². The summed E-state index contributed by atoms with van der Waals surface area (Å²) in [4.78, 5) is 23.8. The fraction of sp³-hybridized carbons (Fsp3) is 0.474. The van der Waals surface area contributed by atoms with Gasteiger partial charge in [-0.2, -0.15) is 0 Å². The fourth-order valence-electron chi connectivity index (χ4n) is 2.79. The molecule has 0 bridgehead atoms. The Hall–Kier alpha value is -2.42. The Labute approximate surface area is 158 Å². The van der Waals surface area contributed by atoms with Crippen molar-refractivity contribution in [3.8, 4) is 5.75 Å². The minimum absolute atomic E-state index is 0.0722. The molecule has 0 aromatic heterocycles. The molecule has 8 nitrogen and oxygen atoms in total. The summed E-state index contributed by atoms with van der Waals surface area (Å²) >= 11 is 0. The number of hydrogen-bond acceptors (Lipinski definition) is 6. The molecule has 27 heavy (non-hydrogen) atoms. The van der Waals surface area contributed by atoms with E-state index in [1.807, 2.05) is 24.3 Å². The second-order valence-electron chi connectivity index (χ2n) is 6.10. The van der Waals surface area contributed by atoms with Gasteiger partial charge < -0.3 is 30.0 Å². The molecule has 3 N–H and O–H groups in total. The van der Waals surface area contributed by atoms with E-state index in [-0.39, 0.29) is 31.4 Å². The maximum atomic E-state index is 12.2. The third-order valence-electron chi connectivity index (χ3n) is 4.12. The van der Waals surface area contributed by atoms with Crippen molar-refractivity contribution in [2.75, 3.05) is 27.4 Å². The lowest BCUT2D eigenvalue weighted by Crippen LogP contribution is -2.49. The first-order valence-corrected chi connectivity index (χ1v) is 8.69. The Morgan fingerprint density at radius 3 is 2.67 bits per heavy atom. The highest BCUT2D eigenvalue weighted by molar-refractivity contribution is 5.78. The molecule has 1 aliphatic rings. The van der Waals surface area contributed by atoms with Gasteiger partial charge in [-0.15, -0.1) is 0 Å². The van der Waals surface area contributed by atoms with E-state index < -0.39 is 18.2 Å². The summed E-state index contributed by atoms with van der Waals surface area (Å²) in [6.07, 6.45) is 2.46. The van der Waals surface area contributed by atoms with Gasteiger partial charge in [0.15, 0.2) is 0 Å². The van der Waals surface area contributed by atoms with Crippen molar-refractivity contribution >= 4 is 11.8 Å². The highest BCUT2D eigenvalue weighted by Gasteiger charge is 2.28. The number of carbonyl (C=O) groups is 2. The summed E-state index contributed by atoms with van der Waals surface area (Å²) in [7, 11) is 3.01. The number of aliphatic hydroxyl groups excluding tert-OH is 1. The summed E-state index contributed by atoms with van der Waals surface area (Å²) in [6, 6.07) is 6.98. The van der Waals surface area contributed by atoms with E-state index in [1.165, 1.54) is 7.11 Å². The molecule has 1 aromatic carbocycles. The third-order valence-corrected chi connectivity index (χ3v) is 4.12. The van der Waals surface area contributed by atoms with Crippen LogP contribution in [0.1, 0.15) is 12.0 Å². The smallest absolute Gasteiger partial charge is 0.246 e. The van der Waals surface area contributed by atoms with Gasteiger partial charge in [0.25, 0.3) is 0 Å². The molecular formula is C19H26N2O6. The number of rotatable bonds is 9. The van der Waals surface area contributed by atoms with Crippen molar-refractivity contribution in [3.05, 3.63) is 42.0 Å². The zero-order chi connectivity index (χ0) is 19.6. The highest BCUT2D eigenvalue weighted by atomic mass is 16.5. The van der Waals surface area contributed by atoms with Crippen LogP contribution in [0.4, 0.5) is 0 Å². The minimum Gasteiger partial charge on any atom is -0.496 e. The first-order chi connectivity index (χ1) is 13.1. The number of amides is 2. The number of methoxy groups -OCH3 is 2. The summed E-state index contributed by atoms with van der Waals surface area (Å²) in [5.74, 6) is 0.220. The molecule has 1 heterocycles. The van der Waals surface area contributed by atoms with E-state index in [9.17, 15) is 14.7 Å². The largest absolute Gasteiger partial charge is 0.496 e. The van der Waals surface area contributed by atoms with Crippen molar-refractivity contribution in [1.29, 1.82) is 0 Å². The van der Waals surface area contributed by atoms with Crippen LogP contribution in [0.3, 0.4) is 0 Å². The molecule has 0 saturated heterocycles. The molecule has 0 saturated carbocycles. The van der Waals surface area contributed by atoms with Gasteiger partial charge in [-0.25, -0.2) is 0 Å². The molecule has 0 aliphatic carbocycles. The average molecular weight is 378 g/mol. The maximum Gasteiger partial charge on any atom is 0.246 e. The highest BCUT2D eigenvalue weighted by Crippen LogP contribution is 2.18. The van der Waals surface area contributed by atoms with Gasteiger partial charge in [-0.3, -0.25) is 9.59 Å². The van der Waals surface area contributed by atoms with Crippen LogP contribution in [-0.2, 0) is 25.6 Å². The molecule has 2 rings (SSSR count). The van der Waals surface area contributed by atoms with Crippen LogP contribution in [-0.4, -0.2) is 62.6 Å². The zero-order valence-electron chi connectivity index (χ0n) is 15.5. The normalized spacial score (nSPS) is 21.5. The van der Waals surface area contributed by atoms with E-state index in [0.29, 0.717) is 12.3 Å². The molecule has 0 fully saturated rings. The topological polar surface area (TPSA) is 106 Å². The Morgan fingerprint density at radius 2 is 1.96 bits per heavy atom. The Morgan fingerprint density at radius 1 is 1.19 bits per heavy atom. The second-order valence-corrected chi connectivity index (χ2v) is 6.10. The van der Waals surface area contributed by atoms with Crippen molar-refractivity contribution in [3.63, 3.8) is 0 Å². The zero-order valence-corrected chi connectivity index (χ0v) is 15.5. The SMILES string of the molecule is COCC(=O)N[C@@H]1C=C[C@@H](CC(=O)NCc2ccccc2OC)O[C@H]1CO. The Bertz CT molecular complexity index is 663.